The van der Waals surface area contributed by atoms with Crippen LogP contribution in [0.5, 0.6) is 0 Å². The van der Waals surface area contributed by atoms with Gasteiger partial charge in [0.1, 0.15) is 15.5 Å². The number of fused-ring (bicyclic) bond motifs is 1. The molecule has 3 aromatic rings. The number of aryl methyl sites for hydroxylation is 1. The van der Waals surface area contributed by atoms with Gasteiger partial charge in [-0.2, -0.15) is 0 Å². The number of oxazole rings is 1. The minimum Gasteiger partial charge on any atom is -0.444 e. The highest BCUT2D eigenvalue weighted by molar-refractivity contribution is 7.21. The molecule has 0 bridgehead atoms. The fraction of sp³-hybridized carbons (Fsp3) is 0.214. The number of nitrogens with two attached hydrogens (primary N) is 1. The van der Waals surface area contributed by atoms with Crippen molar-refractivity contribution in [2.45, 2.75) is 19.9 Å². The molecule has 0 radical (unpaired) electrons. The zero-order valence-corrected chi connectivity index (χ0v) is 12.2. The molecule has 0 aliphatic rings. The van der Waals surface area contributed by atoms with E-state index in [1.807, 2.05) is 13.0 Å². The number of carbonyl (C=O) groups excluding carboxylic acids is 1. The Hall–Kier alpha value is -2.41. The summed E-state index contributed by atoms with van der Waals surface area (Å²) in [5, 5.41) is 3.56. The van der Waals surface area contributed by atoms with E-state index in [0.29, 0.717) is 16.5 Å². The Labute approximate surface area is 125 Å². The van der Waals surface area contributed by atoms with E-state index >= 15 is 0 Å². The second-order valence-corrected chi connectivity index (χ2v) is 5.46. The molecule has 21 heavy (non-hydrogen) atoms. The van der Waals surface area contributed by atoms with Gasteiger partial charge in [0, 0.05) is 18.0 Å². The van der Waals surface area contributed by atoms with Crippen molar-refractivity contribution >= 4 is 33.1 Å². The maximum Gasteiger partial charge on any atom is 0.264 e. The first-order valence-corrected chi connectivity index (χ1v) is 7.35. The average molecular weight is 302 g/mol. The quantitative estimate of drug-likeness (QED) is 0.771. The molecule has 3 aromatic heterocycles. The molecule has 0 aliphatic carbocycles. The van der Waals surface area contributed by atoms with Crippen molar-refractivity contribution < 1.29 is 9.21 Å². The number of thiophene rings is 1. The number of amides is 1. The topological polar surface area (TPSA) is 94.0 Å². The molecule has 0 aliphatic heterocycles. The molecular formula is C14H14N4O2S. The first-order valence-electron chi connectivity index (χ1n) is 6.53. The van der Waals surface area contributed by atoms with Crippen LogP contribution in [0, 0.1) is 0 Å². The first kappa shape index (κ1) is 13.6. The van der Waals surface area contributed by atoms with Gasteiger partial charge in [-0.1, -0.05) is 6.92 Å². The van der Waals surface area contributed by atoms with Gasteiger partial charge < -0.3 is 15.5 Å². The summed E-state index contributed by atoms with van der Waals surface area (Å²) in [7, 11) is 0. The van der Waals surface area contributed by atoms with Gasteiger partial charge in [0.15, 0.2) is 0 Å². The number of nitrogens with zero attached hydrogens (tertiary/aromatic N) is 2. The largest absolute Gasteiger partial charge is 0.444 e. The lowest BCUT2D eigenvalue weighted by Crippen LogP contribution is -2.22. The lowest BCUT2D eigenvalue weighted by Gasteiger charge is -2.01. The van der Waals surface area contributed by atoms with Crippen molar-refractivity contribution in [3.8, 4) is 0 Å². The number of carbonyl (C=O) groups is 1. The highest BCUT2D eigenvalue weighted by Crippen LogP contribution is 2.31. The predicted molar refractivity (Wildman–Crippen MR) is 81.1 cm³/mol. The third kappa shape index (κ3) is 2.59. The first-order chi connectivity index (χ1) is 10.2. The molecule has 7 heteroatoms. The van der Waals surface area contributed by atoms with Crippen molar-refractivity contribution in [1.82, 2.24) is 15.3 Å². The van der Waals surface area contributed by atoms with E-state index in [2.05, 4.69) is 15.3 Å². The number of rotatable bonds is 4. The van der Waals surface area contributed by atoms with E-state index < -0.39 is 0 Å². The molecule has 0 fully saturated rings. The van der Waals surface area contributed by atoms with E-state index in [4.69, 9.17) is 10.2 Å². The molecule has 0 saturated carbocycles. The van der Waals surface area contributed by atoms with Gasteiger partial charge in [0.05, 0.1) is 18.4 Å². The number of anilines is 1. The molecule has 0 atom stereocenters. The van der Waals surface area contributed by atoms with Gasteiger partial charge >= 0.3 is 0 Å². The van der Waals surface area contributed by atoms with Crippen molar-refractivity contribution in [3.05, 3.63) is 41.1 Å². The Morgan fingerprint density at radius 1 is 1.48 bits per heavy atom. The highest BCUT2D eigenvalue weighted by atomic mass is 32.1. The zero-order chi connectivity index (χ0) is 14.8. The van der Waals surface area contributed by atoms with E-state index in [0.717, 1.165) is 22.4 Å². The van der Waals surface area contributed by atoms with Gasteiger partial charge in [-0.3, -0.25) is 4.79 Å². The van der Waals surface area contributed by atoms with Gasteiger partial charge in [-0.25, -0.2) is 9.97 Å². The van der Waals surface area contributed by atoms with Gasteiger partial charge in [-0.05, 0) is 12.1 Å². The Balaban J connectivity index is 1.76. The number of hydrogen-bond donors (Lipinski definition) is 2. The maximum absolute atomic E-state index is 12.2. The van der Waals surface area contributed by atoms with E-state index in [1.54, 1.807) is 18.5 Å². The lowest BCUT2D eigenvalue weighted by molar-refractivity contribution is 0.0952. The van der Waals surface area contributed by atoms with E-state index in [9.17, 15) is 4.79 Å². The molecule has 3 heterocycles. The Bertz CT molecular complexity index is 793. The smallest absolute Gasteiger partial charge is 0.264 e. The number of aromatic nitrogens is 2. The van der Waals surface area contributed by atoms with Crippen molar-refractivity contribution in [1.29, 1.82) is 0 Å². The van der Waals surface area contributed by atoms with Crippen LogP contribution < -0.4 is 11.1 Å². The number of nitrogens with one attached hydrogen (secondary N) is 1. The van der Waals surface area contributed by atoms with E-state index in [-0.39, 0.29) is 12.5 Å². The molecule has 108 valence electrons. The Morgan fingerprint density at radius 2 is 2.33 bits per heavy atom. The molecule has 3 rings (SSSR count). The molecule has 0 unspecified atom stereocenters. The maximum atomic E-state index is 12.2. The summed E-state index contributed by atoms with van der Waals surface area (Å²) >= 11 is 1.28. The predicted octanol–water partition coefficient (Wildman–Crippen LogP) is 2.36. The molecule has 0 aromatic carbocycles. The van der Waals surface area contributed by atoms with E-state index in [1.165, 1.54) is 11.3 Å². The third-order valence-corrected chi connectivity index (χ3v) is 4.19. The van der Waals surface area contributed by atoms with Crippen LogP contribution in [0.1, 0.15) is 28.2 Å². The summed E-state index contributed by atoms with van der Waals surface area (Å²) in [5.74, 6) is 1.04. The average Bonchev–Trinajstić information content (AvgIpc) is 3.10. The van der Waals surface area contributed by atoms with Crippen molar-refractivity contribution in [2.24, 2.45) is 0 Å². The van der Waals surface area contributed by atoms with Crippen molar-refractivity contribution in [3.63, 3.8) is 0 Å². The Kier molecular flexibility index (Phi) is 3.57. The molecular weight excluding hydrogens is 288 g/mol. The van der Waals surface area contributed by atoms with Gasteiger partial charge in [0.25, 0.3) is 5.91 Å². The van der Waals surface area contributed by atoms with Crippen LogP contribution in [0.15, 0.2) is 28.9 Å². The number of nitrogen functional groups attached to an aromatic ring is 1. The minimum absolute atomic E-state index is 0.236. The fourth-order valence-electron chi connectivity index (χ4n) is 1.95. The Morgan fingerprint density at radius 3 is 3.05 bits per heavy atom. The van der Waals surface area contributed by atoms with Crippen molar-refractivity contribution in [2.75, 3.05) is 5.73 Å². The number of hydrogen-bond acceptors (Lipinski definition) is 6. The molecule has 0 spiro atoms. The van der Waals surface area contributed by atoms with Crippen LogP contribution in [0.2, 0.25) is 0 Å². The standard InChI is InChI=1S/C14H14N4O2S/c1-2-8-6-17-10(20-8)7-18-13(19)12-11(15)9-4-3-5-16-14(9)21-12/h3-6H,2,7,15H2,1H3,(H,18,19). The SMILES string of the molecule is CCc1cnc(CNC(=O)c2sc3ncccc3c2N)o1. The van der Waals surface area contributed by atoms with Crippen LogP contribution in [0.4, 0.5) is 5.69 Å². The van der Waals surface area contributed by atoms with Crippen LogP contribution in [-0.2, 0) is 13.0 Å². The highest BCUT2D eigenvalue weighted by Gasteiger charge is 2.17. The minimum atomic E-state index is -0.244. The molecule has 0 saturated heterocycles. The van der Waals surface area contributed by atoms with Gasteiger partial charge in [-0.15, -0.1) is 11.3 Å². The molecule has 6 nitrogen and oxygen atoms in total. The molecule has 1 amide bonds. The normalized spacial score (nSPS) is 10.9. The second-order valence-electron chi connectivity index (χ2n) is 4.46. The summed E-state index contributed by atoms with van der Waals surface area (Å²) in [6.45, 7) is 2.22. The van der Waals surface area contributed by atoms with Crippen LogP contribution in [0.25, 0.3) is 10.2 Å². The van der Waals surface area contributed by atoms with Crippen LogP contribution in [-0.4, -0.2) is 15.9 Å². The monoisotopic (exact) mass is 302 g/mol. The summed E-state index contributed by atoms with van der Waals surface area (Å²) in [5.41, 5.74) is 6.47. The summed E-state index contributed by atoms with van der Waals surface area (Å²) in [6, 6.07) is 3.65. The number of pyridine rings is 1. The lowest BCUT2D eigenvalue weighted by atomic mass is 10.2. The van der Waals surface area contributed by atoms with Crippen LogP contribution >= 0.6 is 11.3 Å². The van der Waals surface area contributed by atoms with Gasteiger partial charge in [0.2, 0.25) is 5.89 Å². The zero-order valence-electron chi connectivity index (χ0n) is 11.4. The summed E-state index contributed by atoms with van der Waals surface area (Å²) in [4.78, 5) is 21.7. The molecule has 3 N–H and O–H groups in total. The summed E-state index contributed by atoms with van der Waals surface area (Å²) in [6.07, 6.45) is 4.12. The fourth-order valence-corrected chi connectivity index (χ4v) is 2.93. The van der Waals surface area contributed by atoms with Crippen LogP contribution in [0.3, 0.4) is 0 Å². The second kappa shape index (κ2) is 5.53. The summed E-state index contributed by atoms with van der Waals surface area (Å²) < 4.78 is 5.44. The third-order valence-electron chi connectivity index (χ3n) is 3.06.